The summed E-state index contributed by atoms with van der Waals surface area (Å²) in [4.78, 5) is 13.3. The molecular weight excluding hydrogens is 372 g/mol. The van der Waals surface area contributed by atoms with Crippen LogP contribution in [-0.4, -0.2) is 25.9 Å². The predicted molar refractivity (Wildman–Crippen MR) is 109 cm³/mol. The number of nitrogens with one attached hydrogen (secondary N) is 2. The molecule has 0 heterocycles. The van der Waals surface area contributed by atoms with Gasteiger partial charge < -0.3 is 5.32 Å². The van der Waals surface area contributed by atoms with E-state index in [4.69, 9.17) is 0 Å². The number of benzene rings is 1. The standard InChI is InChI=1S/C22H32N2O3S/c1-13-5-14(2)7-19(6-13)28(26,27)24-22(3,4)21(25)23-20-17-9-15-8-16(11-17)12-18(20)10-15/h5-7,15-18,20,24H,8-12H2,1-4H3,(H,23,25). The summed E-state index contributed by atoms with van der Waals surface area (Å²) in [6.45, 7) is 7.05. The minimum atomic E-state index is -3.78. The number of carbonyl (C=O) groups is 1. The van der Waals surface area contributed by atoms with Crippen molar-refractivity contribution in [2.45, 2.75) is 76.3 Å². The molecule has 2 N–H and O–H groups in total. The number of aryl methyl sites for hydroxylation is 2. The molecule has 4 aliphatic carbocycles. The van der Waals surface area contributed by atoms with E-state index in [2.05, 4.69) is 10.0 Å². The average Bonchev–Trinajstić information content (AvgIpc) is 2.55. The van der Waals surface area contributed by atoms with Crippen LogP contribution in [0.5, 0.6) is 0 Å². The number of sulfonamides is 1. The SMILES string of the molecule is Cc1cc(C)cc(S(=O)(=O)NC(C)(C)C(=O)NC2C3CC4CC(C3)CC2C4)c1. The van der Waals surface area contributed by atoms with E-state index < -0.39 is 15.6 Å². The normalized spacial score (nSPS) is 31.8. The van der Waals surface area contributed by atoms with E-state index in [-0.39, 0.29) is 16.8 Å². The Bertz CT molecular complexity index is 843. The molecule has 4 fully saturated rings. The van der Waals surface area contributed by atoms with Crippen LogP contribution < -0.4 is 10.0 Å². The van der Waals surface area contributed by atoms with E-state index in [0.29, 0.717) is 11.8 Å². The number of carbonyl (C=O) groups excluding carboxylic acids is 1. The summed E-state index contributed by atoms with van der Waals surface area (Å²) in [6, 6.07) is 5.41. The highest BCUT2D eigenvalue weighted by molar-refractivity contribution is 7.89. The van der Waals surface area contributed by atoms with Gasteiger partial charge in [-0.1, -0.05) is 6.07 Å². The first-order chi connectivity index (χ1) is 13.0. The van der Waals surface area contributed by atoms with Crippen molar-refractivity contribution in [3.63, 3.8) is 0 Å². The van der Waals surface area contributed by atoms with Crippen LogP contribution in [0, 0.1) is 37.5 Å². The molecule has 0 saturated heterocycles. The summed E-state index contributed by atoms with van der Waals surface area (Å²) < 4.78 is 28.4. The molecule has 0 aromatic heterocycles. The lowest BCUT2D eigenvalue weighted by Gasteiger charge is -2.54. The largest absolute Gasteiger partial charge is 0.351 e. The van der Waals surface area contributed by atoms with Gasteiger partial charge in [-0.15, -0.1) is 0 Å². The molecule has 1 aromatic rings. The van der Waals surface area contributed by atoms with Crippen LogP contribution in [0.25, 0.3) is 0 Å². The zero-order chi connectivity index (χ0) is 20.3. The Morgan fingerprint density at radius 3 is 1.93 bits per heavy atom. The maximum Gasteiger partial charge on any atom is 0.241 e. The molecule has 0 radical (unpaired) electrons. The summed E-state index contributed by atoms with van der Waals surface area (Å²) in [5.41, 5.74) is 0.568. The molecule has 4 aliphatic rings. The van der Waals surface area contributed by atoms with E-state index in [1.54, 1.807) is 26.0 Å². The predicted octanol–water partition coefficient (Wildman–Crippen LogP) is 3.30. The molecule has 4 bridgehead atoms. The highest BCUT2D eigenvalue weighted by atomic mass is 32.2. The van der Waals surface area contributed by atoms with Crippen molar-refractivity contribution in [3.8, 4) is 0 Å². The molecule has 0 unspecified atom stereocenters. The lowest BCUT2D eigenvalue weighted by Crippen LogP contribution is -2.62. The van der Waals surface area contributed by atoms with E-state index >= 15 is 0 Å². The molecule has 4 saturated carbocycles. The van der Waals surface area contributed by atoms with E-state index in [0.717, 1.165) is 23.0 Å². The third-order valence-corrected chi connectivity index (χ3v) is 8.62. The van der Waals surface area contributed by atoms with Crippen molar-refractivity contribution < 1.29 is 13.2 Å². The van der Waals surface area contributed by atoms with E-state index in [9.17, 15) is 13.2 Å². The zero-order valence-corrected chi connectivity index (χ0v) is 18.1. The highest BCUT2D eigenvalue weighted by Crippen LogP contribution is 2.53. The molecule has 0 spiro atoms. The van der Waals surface area contributed by atoms with E-state index in [1.807, 2.05) is 19.9 Å². The Morgan fingerprint density at radius 2 is 1.43 bits per heavy atom. The average molecular weight is 405 g/mol. The fraction of sp³-hybridized carbons (Fsp3) is 0.682. The summed E-state index contributed by atoms with van der Waals surface area (Å²) in [6.07, 6.45) is 6.23. The van der Waals surface area contributed by atoms with Crippen molar-refractivity contribution in [2.75, 3.05) is 0 Å². The van der Waals surface area contributed by atoms with Gasteiger partial charge in [0.05, 0.1) is 4.90 Å². The summed E-state index contributed by atoms with van der Waals surface area (Å²) in [5.74, 6) is 2.58. The van der Waals surface area contributed by atoms with Crippen LogP contribution in [0.1, 0.15) is 57.1 Å². The van der Waals surface area contributed by atoms with E-state index in [1.165, 1.54) is 32.1 Å². The van der Waals surface area contributed by atoms with Crippen molar-refractivity contribution in [1.29, 1.82) is 0 Å². The molecule has 5 rings (SSSR count). The topological polar surface area (TPSA) is 75.3 Å². The quantitative estimate of drug-likeness (QED) is 0.791. The van der Waals surface area contributed by atoms with Crippen LogP contribution in [-0.2, 0) is 14.8 Å². The first-order valence-corrected chi connectivity index (χ1v) is 11.9. The minimum Gasteiger partial charge on any atom is -0.351 e. The fourth-order valence-corrected chi connectivity index (χ4v) is 7.59. The van der Waals surface area contributed by atoms with Gasteiger partial charge >= 0.3 is 0 Å². The van der Waals surface area contributed by atoms with Gasteiger partial charge in [0.25, 0.3) is 0 Å². The molecule has 1 amide bonds. The molecule has 1 aromatic carbocycles. The Kier molecular flexibility index (Phi) is 4.86. The monoisotopic (exact) mass is 404 g/mol. The second-order valence-electron chi connectivity index (χ2n) is 9.98. The van der Waals surface area contributed by atoms with Gasteiger partial charge in [-0.2, -0.15) is 4.72 Å². The first-order valence-electron chi connectivity index (χ1n) is 10.5. The number of rotatable bonds is 5. The molecular formula is C22H32N2O3S. The highest BCUT2D eigenvalue weighted by Gasteiger charge is 2.49. The van der Waals surface area contributed by atoms with Gasteiger partial charge in [0.15, 0.2) is 0 Å². The van der Waals surface area contributed by atoms with Gasteiger partial charge in [0.1, 0.15) is 5.54 Å². The second kappa shape index (κ2) is 6.84. The Morgan fingerprint density at radius 1 is 0.929 bits per heavy atom. The van der Waals surface area contributed by atoms with Crippen molar-refractivity contribution in [1.82, 2.24) is 10.0 Å². The number of amides is 1. The molecule has 6 heteroatoms. The van der Waals surface area contributed by atoms with Gasteiger partial charge in [-0.05, 0) is 107 Å². The van der Waals surface area contributed by atoms with Gasteiger partial charge in [0.2, 0.25) is 15.9 Å². The summed E-state index contributed by atoms with van der Waals surface area (Å²) in [7, 11) is -3.78. The van der Waals surface area contributed by atoms with Crippen LogP contribution >= 0.6 is 0 Å². The van der Waals surface area contributed by atoms with Crippen molar-refractivity contribution >= 4 is 15.9 Å². The molecule has 0 aliphatic heterocycles. The maximum atomic E-state index is 13.1. The number of hydrogen-bond acceptors (Lipinski definition) is 3. The van der Waals surface area contributed by atoms with Crippen LogP contribution in [0.15, 0.2) is 23.1 Å². The van der Waals surface area contributed by atoms with Crippen LogP contribution in [0.2, 0.25) is 0 Å². The third kappa shape index (κ3) is 3.73. The van der Waals surface area contributed by atoms with Crippen molar-refractivity contribution in [2.24, 2.45) is 23.7 Å². The van der Waals surface area contributed by atoms with Gasteiger partial charge in [-0.25, -0.2) is 8.42 Å². The summed E-state index contributed by atoms with van der Waals surface area (Å²) in [5, 5.41) is 3.23. The number of hydrogen-bond donors (Lipinski definition) is 2. The lowest BCUT2D eigenvalue weighted by atomic mass is 9.54. The Balaban J connectivity index is 1.47. The smallest absolute Gasteiger partial charge is 0.241 e. The van der Waals surface area contributed by atoms with Crippen LogP contribution in [0.4, 0.5) is 0 Å². The zero-order valence-electron chi connectivity index (χ0n) is 17.3. The Labute approximate surface area is 168 Å². The fourth-order valence-electron chi connectivity index (χ4n) is 6.02. The maximum absolute atomic E-state index is 13.1. The lowest BCUT2D eigenvalue weighted by molar-refractivity contribution is -0.129. The van der Waals surface area contributed by atoms with Crippen molar-refractivity contribution in [3.05, 3.63) is 29.3 Å². The molecule has 5 nitrogen and oxygen atoms in total. The van der Waals surface area contributed by atoms with Gasteiger partial charge in [-0.3, -0.25) is 4.79 Å². The van der Waals surface area contributed by atoms with Gasteiger partial charge in [0, 0.05) is 6.04 Å². The molecule has 154 valence electrons. The molecule has 0 atom stereocenters. The summed E-state index contributed by atoms with van der Waals surface area (Å²) >= 11 is 0. The second-order valence-corrected chi connectivity index (χ2v) is 11.7. The Hall–Kier alpha value is -1.40. The third-order valence-electron chi connectivity index (χ3n) is 6.99. The minimum absolute atomic E-state index is 0.199. The van der Waals surface area contributed by atoms with Crippen LogP contribution in [0.3, 0.4) is 0 Å². The molecule has 28 heavy (non-hydrogen) atoms. The first kappa shape index (κ1) is 19.9.